The number of nitrogens with zero attached hydrogens (tertiary/aromatic N) is 2. The summed E-state index contributed by atoms with van der Waals surface area (Å²) in [6.45, 7) is 4.61. The monoisotopic (exact) mass is 289 g/mol. The van der Waals surface area contributed by atoms with Crippen molar-refractivity contribution in [2.45, 2.75) is 26.2 Å². The second kappa shape index (κ2) is 5.89. The highest BCUT2D eigenvalue weighted by atomic mass is 32.1. The van der Waals surface area contributed by atoms with Crippen LogP contribution in [0.4, 0.5) is 5.13 Å². The lowest BCUT2D eigenvalue weighted by Crippen LogP contribution is -2.36. The van der Waals surface area contributed by atoms with Gasteiger partial charge < -0.3 is 5.32 Å². The standard InChI is InChI=1S/C15H19N3OS/c1-11-5-6-12-13(9-11)20-15(16-12)17-14(19)10-18-7-3-2-4-8-18/h5-6,9H,2-4,7-8,10H2,1H3,(H,16,17,19). The molecule has 0 radical (unpaired) electrons. The number of piperidine rings is 1. The Morgan fingerprint density at radius 3 is 2.95 bits per heavy atom. The Kier molecular flexibility index (Phi) is 3.98. The van der Waals surface area contributed by atoms with Gasteiger partial charge in [0.2, 0.25) is 5.91 Å². The Morgan fingerprint density at radius 2 is 2.15 bits per heavy atom. The highest BCUT2D eigenvalue weighted by molar-refractivity contribution is 7.22. The summed E-state index contributed by atoms with van der Waals surface area (Å²) >= 11 is 1.54. The normalized spacial score (nSPS) is 16.4. The maximum Gasteiger partial charge on any atom is 0.240 e. The number of aromatic nitrogens is 1. The number of nitrogens with one attached hydrogen (secondary N) is 1. The molecular weight excluding hydrogens is 270 g/mol. The van der Waals surface area contributed by atoms with Crippen LogP contribution in [-0.2, 0) is 4.79 Å². The van der Waals surface area contributed by atoms with E-state index in [0.29, 0.717) is 11.7 Å². The number of hydrogen-bond acceptors (Lipinski definition) is 4. The van der Waals surface area contributed by atoms with Crippen LogP contribution in [0.2, 0.25) is 0 Å². The number of aryl methyl sites for hydroxylation is 1. The van der Waals surface area contributed by atoms with Crippen LogP contribution in [0.15, 0.2) is 18.2 Å². The van der Waals surface area contributed by atoms with E-state index < -0.39 is 0 Å². The molecule has 5 heteroatoms. The van der Waals surface area contributed by atoms with E-state index in [0.717, 1.165) is 23.3 Å². The van der Waals surface area contributed by atoms with E-state index in [1.807, 2.05) is 12.1 Å². The molecule has 106 valence electrons. The van der Waals surface area contributed by atoms with Crippen molar-refractivity contribution < 1.29 is 4.79 Å². The fraction of sp³-hybridized carbons (Fsp3) is 0.467. The van der Waals surface area contributed by atoms with Gasteiger partial charge in [-0.3, -0.25) is 9.69 Å². The van der Waals surface area contributed by atoms with E-state index in [9.17, 15) is 4.79 Å². The van der Waals surface area contributed by atoms with Crippen molar-refractivity contribution in [2.24, 2.45) is 0 Å². The largest absolute Gasteiger partial charge is 0.301 e. The number of anilines is 1. The van der Waals surface area contributed by atoms with Gasteiger partial charge in [-0.05, 0) is 50.6 Å². The molecule has 0 saturated carbocycles. The smallest absolute Gasteiger partial charge is 0.240 e. The van der Waals surface area contributed by atoms with Crippen molar-refractivity contribution in [3.8, 4) is 0 Å². The van der Waals surface area contributed by atoms with E-state index in [1.54, 1.807) is 11.3 Å². The highest BCUT2D eigenvalue weighted by Crippen LogP contribution is 2.26. The van der Waals surface area contributed by atoms with E-state index in [4.69, 9.17) is 0 Å². The number of thiazole rings is 1. The molecule has 2 aromatic rings. The Balaban J connectivity index is 1.64. The molecule has 1 N–H and O–H groups in total. The minimum absolute atomic E-state index is 0.0441. The molecule has 1 aliphatic rings. The van der Waals surface area contributed by atoms with Gasteiger partial charge in [-0.1, -0.05) is 23.8 Å². The molecule has 4 nitrogen and oxygen atoms in total. The van der Waals surface area contributed by atoms with Crippen LogP contribution in [0.1, 0.15) is 24.8 Å². The van der Waals surface area contributed by atoms with Gasteiger partial charge in [0.05, 0.1) is 16.8 Å². The molecule has 1 aromatic heterocycles. The second-order valence-electron chi connectivity index (χ2n) is 5.38. The van der Waals surface area contributed by atoms with E-state index in [-0.39, 0.29) is 5.91 Å². The van der Waals surface area contributed by atoms with E-state index in [1.165, 1.54) is 24.8 Å². The molecule has 1 aromatic carbocycles. The zero-order valence-electron chi connectivity index (χ0n) is 11.7. The topological polar surface area (TPSA) is 45.2 Å². The fourth-order valence-electron chi connectivity index (χ4n) is 2.56. The molecule has 0 aliphatic carbocycles. The van der Waals surface area contributed by atoms with Crippen molar-refractivity contribution in [3.63, 3.8) is 0 Å². The molecule has 2 heterocycles. The minimum Gasteiger partial charge on any atom is -0.301 e. The lowest BCUT2D eigenvalue weighted by Gasteiger charge is -2.25. The molecule has 20 heavy (non-hydrogen) atoms. The SMILES string of the molecule is Cc1ccc2nc(NC(=O)CN3CCCCC3)sc2c1. The van der Waals surface area contributed by atoms with Gasteiger partial charge in [-0.15, -0.1) is 0 Å². The van der Waals surface area contributed by atoms with Gasteiger partial charge >= 0.3 is 0 Å². The first-order valence-corrected chi connectivity index (χ1v) is 7.92. The number of carbonyl (C=O) groups is 1. The van der Waals surface area contributed by atoms with Crippen LogP contribution in [0.25, 0.3) is 10.2 Å². The number of rotatable bonds is 3. The lowest BCUT2D eigenvalue weighted by atomic mass is 10.1. The molecule has 0 spiro atoms. The Hall–Kier alpha value is -1.46. The third kappa shape index (κ3) is 3.16. The first kappa shape index (κ1) is 13.5. The predicted molar refractivity (Wildman–Crippen MR) is 83.3 cm³/mol. The Morgan fingerprint density at radius 1 is 1.35 bits per heavy atom. The maximum absolute atomic E-state index is 12.0. The molecule has 0 atom stereocenters. The van der Waals surface area contributed by atoms with Crippen LogP contribution in [0, 0.1) is 6.92 Å². The quantitative estimate of drug-likeness (QED) is 0.944. The number of fused-ring (bicyclic) bond motifs is 1. The summed E-state index contributed by atoms with van der Waals surface area (Å²) in [6, 6.07) is 6.15. The number of amides is 1. The van der Waals surface area contributed by atoms with Crippen LogP contribution in [0.3, 0.4) is 0 Å². The van der Waals surface area contributed by atoms with Crippen molar-refractivity contribution in [3.05, 3.63) is 23.8 Å². The fourth-order valence-corrected chi connectivity index (χ4v) is 3.54. The van der Waals surface area contributed by atoms with Gasteiger partial charge in [-0.2, -0.15) is 0 Å². The second-order valence-corrected chi connectivity index (χ2v) is 6.41. The van der Waals surface area contributed by atoms with Crippen molar-refractivity contribution in [1.82, 2.24) is 9.88 Å². The number of benzene rings is 1. The average molecular weight is 289 g/mol. The molecule has 1 fully saturated rings. The summed E-state index contributed by atoms with van der Waals surface area (Å²) in [7, 11) is 0. The number of likely N-dealkylation sites (tertiary alicyclic amines) is 1. The molecule has 0 bridgehead atoms. The van der Waals surface area contributed by atoms with E-state index >= 15 is 0 Å². The summed E-state index contributed by atoms with van der Waals surface area (Å²) in [4.78, 5) is 18.7. The van der Waals surface area contributed by atoms with Crippen molar-refractivity contribution in [2.75, 3.05) is 25.0 Å². The van der Waals surface area contributed by atoms with Crippen LogP contribution >= 0.6 is 11.3 Å². The van der Waals surface area contributed by atoms with Gasteiger partial charge in [0.1, 0.15) is 0 Å². The summed E-state index contributed by atoms with van der Waals surface area (Å²) < 4.78 is 1.12. The van der Waals surface area contributed by atoms with Crippen molar-refractivity contribution >= 4 is 32.6 Å². The average Bonchev–Trinajstić information content (AvgIpc) is 2.80. The third-order valence-corrected chi connectivity index (χ3v) is 4.54. The van der Waals surface area contributed by atoms with Crippen LogP contribution < -0.4 is 5.32 Å². The molecule has 3 rings (SSSR count). The summed E-state index contributed by atoms with van der Waals surface area (Å²) in [5, 5.41) is 3.63. The molecule has 1 saturated heterocycles. The van der Waals surface area contributed by atoms with Gasteiger partial charge in [-0.25, -0.2) is 4.98 Å². The van der Waals surface area contributed by atoms with Gasteiger partial charge in [0.15, 0.2) is 5.13 Å². The third-order valence-electron chi connectivity index (χ3n) is 3.61. The Bertz CT molecular complexity index is 617. The first-order valence-electron chi connectivity index (χ1n) is 7.10. The molecule has 1 amide bonds. The highest BCUT2D eigenvalue weighted by Gasteiger charge is 2.15. The maximum atomic E-state index is 12.0. The van der Waals surface area contributed by atoms with Crippen LogP contribution in [-0.4, -0.2) is 35.4 Å². The number of hydrogen-bond donors (Lipinski definition) is 1. The molecule has 0 unspecified atom stereocenters. The van der Waals surface area contributed by atoms with E-state index in [2.05, 4.69) is 28.2 Å². The van der Waals surface area contributed by atoms with Gasteiger partial charge in [0.25, 0.3) is 0 Å². The summed E-state index contributed by atoms with van der Waals surface area (Å²) in [6.07, 6.45) is 3.69. The zero-order chi connectivity index (χ0) is 13.9. The Labute approximate surface area is 122 Å². The molecular formula is C15H19N3OS. The zero-order valence-corrected chi connectivity index (χ0v) is 12.5. The van der Waals surface area contributed by atoms with Crippen LogP contribution in [0.5, 0.6) is 0 Å². The first-order chi connectivity index (χ1) is 9.70. The summed E-state index contributed by atoms with van der Waals surface area (Å²) in [5.74, 6) is 0.0441. The number of carbonyl (C=O) groups excluding carboxylic acids is 1. The predicted octanol–water partition coefficient (Wildman–Crippen LogP) is 3.03. The lowest BCUT2D eigenvalue weighted by molar-refractivity contribution is -0.117. The summed E-state index contributed by atoms with van der Waals surface area (Å²) in [5.41, 5.74) is 2.17. The molecule has 1 aliphatic heterocycles. The van der Waals surface area contributed by atoms with Gasteiger partial charge in [0, 0.05) is 0 Å². The van der Waals surface area contributed by atoms with Crippen molar-refractivity contribution in [1.29, 1.82) is 0 Å². The minimum atomic E-state index is 0.0441.